The van der Waals surface area contributed by atoms with E-state index < -0.39 is 11.4 Å². The van der Waals surface area contributed by atoms with Gasteiger partial charge in [0.25, 0.3) is 0 Å². The van der Waals surface area contributed by atoms with Crippen LogP contribution in [0.4, 0.5) is 0 Å². The Labute approximate surface area is 132 Å². The summed E-state index contributed by atoms with van der Waals surface area (Å²) in [6.45, 7) is 1.69. The first-order valence-corrected chi connectivity index (χ1v) is 7.01. The van der Waals surface area contributed by atoms with Crippen LogP contribution >= 0.6 is 0 Å². The van der Waals surface area contributed by atoms with Gasteiger partial charge in [-0.05, 0) is 18.6 Å². The van der Waals surface area contributed by atoms with E-state index in [-0.39, 0.29) is 35.8 Å². The molecule has 0 amide bonds. The first-order valence-electron chi connectivity index (χ1n) is 7.01. The fraction of sp³-hybridized carbons (Fsp3) is 0.235. The second-order valence-electron chi connectivity index (χ2n) is 5.63. The SMILES string of the molecule is CC(CCC(=O)O)(c1ccc(O)cc1O)c1ccc(O)cc1O. The summed E-state index contributed by atoms with van der Waals surface area (Å²) in [6.07, 6.45) is -0.0733. The molecular formula is C17H18O6. The molecule has 2 rings (SSSR count). The molecule has 5 N–H and O–H groups in total. The highest BCUT2D eigenvalue weighted by Gasteiger charge is 2.34. The number of rotatable bonds is 5. The second-order valence-corrected chi connectivity index (χ2v) is 5.63. The molecule has 0 aliphatic heterocycles. The van der Waals surface area contributed by atoms with E-state index >= 15 is 0 Å². The molecule has 2 aromatic carbocycles. The Balaban J connectivity index is 2.62. The molecule has 0 aliphatic carbocycles. The van der Waals surface area contributed by atoms with Crippen LogP contribution in [0.15, 0.2) is 36.4 Å². The summed E-state index contributed by atoms with van der Waals surface area (Å²) in [6, 6.07) is 8.05. The maximum Gasteiger partial charge on any atom is 0.303 e. The number of carbonyl (C=O) groups is 1. The maximum atomic E-state index is 11.0. The Morgan fingerprint density at radius 2 is 1.35 bits per heavy atom. The van der Waals surface area contributed by atoms with Crippen molar-refractivity contribution < 1.29 is 30.3 Å². The minimum absolute atomic E-state index is 0.110. The third-order valence-electron chi connectivity index (χ3n) is 3.99. The number of hydrogen-bond acceptors (Lipinski definition) is 5. The lowest BCUT2D eigenvalue weighted by atomic mass is 9.72. The van der Waals surface area contributed by atoms with Gasteiger partial charge in [0, 0.05) is 35.1 Å². The van der Waals surface area contributed by atoms with Crippen LogP contribution in [0.1, 0.15) is 30.9 Å². The molecule has 0 aromatic heterocycles. The highest BCUT2D eigenvalue weighted by molar-refractivity contribution is 5.67. The van der Waals surface area contributed by atoms with Crippen molar-refractivity contribution in [2.45, 2.75) is 25.2 Å². The number of aliphatic carboxylic acids is 1. The molecule has 0 heterocycles. The third kappa shape index (κ3) is 3.31. The predicted molar refractivity (Wildman–Crippen MR) is 82.9 cm³/mol. The zero-order chi connectivity index (χ0) is 17.2. The van der Waals surface area contributed by atoms with E-state index in [2.05, 4.69) is 0 Å². The number of carboxylic acids is 1. The van der Waals surface area contributed by atoms with Gasteiger partial charge < -0.3 is 25.5 Å². The Morgan fingerprint density at radius 1 is 0.913 bits per heavy atom. The molecule has 6 heteroatoms. The van der Waals surface area contributed by atoms with Crippen molar-refractivity contribution in [2.75, 3.05) is 0 Å². The van der Waals surface area contributed by atoms with Crippen LogP contribution in [-0.4, -0.2) is 31.5 Å². The smallest absolute Gasteiger partial charge is 0.303 e. The number of hydrogen-bond donors (Lipinski definition) is 5. The zero-order valence-corrected chi connectivity index (χ0v) is 12.5. The first-order chi connectivity index (χ1) is 10.7. The molecule has 0 saturated carbocycles. The number of aromatic hydroxyl groups is 4. The van der Waals surface area contributed by atoms with Crippen molar-refractivity contribution in [2.24, 2.45) is 0 Å². The van der Waals surface area contributed by atoms with Crippen LogP contribution < -0.4 is 0 Å². The van der Waals surface area contributed by atoms with E-state index in [0.29, 0.717) is 11.1 Å². The first kappa shape index (κ1) is 16.5. The van der Waals surface area contributed by atoms with E-state index in [1.165, 1.54) is 24.3 Å². The van der Waals surface area contributed by atoms with Crippen molar-refractivity contribution in [3.05, 3.63) is 47.5 Å². The van der Waals surface area contributed by atoms with Gasteiger partial charge in [-0.3, -0.25) is 4.79 Å². The lowest BCUT2D eigenvalue weighted by Crippen LogP contribution is -2.25. The van der Waals surface area contributed by atoms with Gasteiger partial charge in [-0.1, -0.05) is 19.1 Å². The van der Waals surface area contributed by atoms with E-state index in [1.54, 1.807) is 6.92 Å². The summed E-state index contributed by atoms with van der Waals surface area (Å²) in [5, 5.41) is 48.2. The van der Waals surface area contributed by atoms with Crippen molar-refractivity contribution in [3.63, 3.8) is 0 Å². The topological polar surface area (TPSA) is 118 Å². The van der Waals surface area contributed by atoms with Gasteiger partial charge in [-0.25, -0.2) is 0 Å². The van der Waals surface area contributed by atoms with E-state index in [9.17, 15) is 25.2 Å². The minimum atomic E-state index is -1.02. The van der Waals surface area contributed by atoms with Gasteiger partial charge >= 0.3 is 5.97 Å². The summed E-state index contributed by atoms with van der Waals surface area (Å²) in [5.74, 6) is -1.66. The van der Waals surface area contributed by atoms with Crippen LogP contribution in [0.25, 0.3) is 0 Å². The summed E-state index contributed by atoms with van der Waals surface area (Å²) >= 11 is 0. The zero-order valence-electron chi connectivity index (χ0n) is 12.5. The molecule has 0 aliphatic rings. The summed E-state index contributed by atoms with van der Waals surface area (Å²) < 4.78 is 0. The average Bonchev–Trinajstić information content (AvgIpc) is 2.44. The number of phenolic OH excluding ortho intramolecular Hbond substituents is 4. The number of benzene rings is 2. The monoisotopic (exact) mass is 318 g/mol. The molecule has 122 valence electrons. The van der Waals surface area contributed by atoms with Gasteiger partial charge in [0.1, 0.15) is 23.0 Å². The molecular weight excluding hydrogens is 300 g/mol. The molecule has 0 bridgehead atoms. The normalized spacial score (nSPS) is 11.3. The fourth-order valence-corrected chi connectivity index (χ4v) is 2.74. The molecule has 2 aromatic rings. The van der Waals surface area contributed by atoms with Gasteiger partial charge in [0.15, 0.2) is 0 Å². The van der Waals surface area contributed by atoms with E-state index in [0.717, 1.165) is 12.1 Å². The largest absolute Gasteiger partial charge is 0.508 e. The van der Waals surface area contributed by atoms with Crippen LogP contribution in [0.3, 0.4) is 0 Å². The van der Waals surface area contributed by atoms with Crippen molar-refractivity contribution in [1.29, 1.82) is 0 Å². The highest BCUT2D eigenvalue weighted by Crippen LogP contribution is 2.45. The summed E-state index contributed by atoms with van der Waals surface area (Å²) in [4.78, 5) is 11.0. The Morgan fingerprint density at radius 3 is 1.70 bits per heavy atom. The maximum absolute atomic E-state index is 11.0. The average molecular weight is 318 g/mol. The molecule has 0 fully saturated rings. The lowest BCUT2D eigenvalue weighted by Gasteiger charge is -2.32. The molecule has 6 nitrogen and oxygen atoms in total. The van der Waals surface area contributed by atoms with Crippen molar-refractivity contribution >= 4 is 5.97 Å². The molecule has 0 saturated heterocycles. The van der Waals surface area contributed by atoms with E-state index in [1.807, 2.05) is 0 Å². The van der Waals surface area contributed by atoms with Crippen LogP contribution in [0.2, 0.25) is 0 Å². The standard InChI is InChI=1S/C17H18O6/c1-17(7-6-16(22)23,12-4-2-10(18)8-14(12)20)13-5-3-11(19)9-15(13)21/h2-5,8-9,18-21H,6-7H2,1H3,(H,22,23). The van der Waals surface area contributed by atoms with Gasteiger partial charge in [0.05, 0.1) is 0 Å². The minimum Gasteiger partial charge on any atom is -0.508 e. The third-order valence-corrected chi connectivity index (χ3v) is 3.99. The lowest BCUT2D eigenvalue weighted by molar-refractivity contribution is -0.137. The van der Waals surface area contributed by atoms with Crippen molar-refractivity contribution in [3.8, 4) is 23.0 Å². The Hall–Kier alpha value is -2.89. The molecule has 23 heavy (non-hydrogen) atoms. The Kier molecular flexibility index (Phi) is 4.36. The second kappa shape index (κ2) is 6.08. The van der Waals surface area contributed by atoms with Gasteiger partial charge in [-0.15, -0.1) is 0 Å². The van der Waals surface area contributed by atoms with Crippen LogP contribution in [0, 0.1) is 0 Å². The van der Waals surface area contributed by atoms with Crippen LogP contribution in [0.5, 0.6) is 23.0 Å². The van der Waals surface area contributed by atoms with Crippen molar-refractivity contribution in [1.82, 2.24) is 0 Å². The number of phenols is 4. The molecule has 0 atom stereocenters. The van der Waals surface area contributed by atoms with E-state index in [4.69, 9.17) is 5.11 Å². The Bertz CT molecular complexity index is 686. The van der Waals surface area contributed by atoms with Crippen LogP contribution in [-0.2, 0) is 10.2 Å². The predicted octanol–water partition coefficient (Wildman–Crippen LogP) is 2.68. The summed E-state index contributed by atoms with van der Waals surface area (Å²) in [7, 11) is 0. The number of carboxylic acid groups (broad SMARTS) is 1. The molecule has 0 spiro atoms. The molecule has 0 unspecified atom stereocenters. The van der Waals surface area contributed by atoms with Gasteiger partial charge in [-0.2, -0.15) is 0 Å². The summed E-state index contributed by atoms with van der Waals surface area (Å²) in [5.41, 5.74) is -0.274. The molecule has 0 radical (unpaired) electrons. The fourth-order valence-electron chi connectivity index (χ4n) is 2.74. The quantitative estimate of drug-likeness (QED) is 0.578. The van der Waals surface area contributed by atoms with Gasteiger partial charge in [0.2, 0.25) is 0 Å². The highest BCUT2D eigenvalue weighted by atomic mass is 16.4.